The van der Waals surface area contributed by atoms with Gasteiger partial charge in [0.05, 0.1) is 5.92 Å². The van der Waals surface area contributed by atoms with Crippen LogP contribution in [-0.4, -0.2) is 45.1 Å². The molecule has 0 saturated carbocycles. The molecule has 2 N–H and O–H groups in total. The SMILES string of the molecule is CNS(=O)(=O)c1ccc(N(C)CC(C)C(=O)O)nc1. The number of carboxylic acid groups (broad SMARTS) is 1. The summed E-state index contributed by atoms with van der Waals surface area (Å²) in [6, 6.07) is 2.97. The number of carbonyl (C=O) groups is 1. The zero-order valence-electron chi connectivity index (χ0n) is 11.0. The summed E-state index contributed by atoms with van der Waals surface area (Å²) in [5, 5.41) is 8.83. The molecule has 19 heavy (non-hydrogen) atoms. The van der Waals surface area contributed by atoms with Crippen molar-refractivity contribution in [3.8, 4) is 0 Å². The summed E-state index contributed by atoms with van der Waals surface area (Å²) >= 11 is 0. The van der Waals surface area contributed by atoms with Crippen molar-refractivity contribution < 1.29 is 18.3 Å². The minimum Gasteiger partial charge on any atom is -0.481 e. The molecule has 0 spiro atoms. The fraction of sp³-hybridized carbons (Fsp3) is 0.455. The lowest BCUT2D eigenvalue weighted by Crippen LogP contribution is -2.29. The van der Waals surface area contributed by atoms with Crippen molar-refractivity contribution in [3.63, 3.8) is 0 Å². The van der Waals surface area contributed by atoms with Gasteiger partial charge in [0.25, 0.3) is 0 Å². The van der Waals surface area contributed by atoms with Crippen LogP contribution in [0.1, 0.15) is 6.92 Å². The standard InChI is InChI=1S/C11H17N3O4S/c1-8(11(15)16)7-14(3)10-5-4-9(6-13-10)19(17,18)12-2/h4-6,8,12H,7H2,1-3H3,(H,15,16). The highest BCUT2D eigenvalue weighted by Gasteiger charge is 2.16. The Morgan fingerprint density at radius 1 is 1.53 bits per heavy atom. The Balaban J connectivity index is 2.85. The van der Waals surface area contributed by atoms with Gasteiger partial charge in [0.15, 0.2) is 0 Å². The number of carboxylic acids is 1. The van der Waals surface area contributed by atoms with Gasteiger partial charge in [-0.2, -0.15) is 0 Å². The first-order valence-electron chi connectivity index (χ1n) is 5.61. The summed E-state index contributed by atoms with van der Waals surface area (Å²) in [4.78, 5) is 16.5. The van der Waals surface area contributed by atoms with Crippen molar-refractivity contribution in [1.29, 1.82) is 0 Å². The van der Waals surface area contributed by atoms with Gasteiger partial charge >= 0.3 is 5.97 Å². The van der Waals surface area contributed by atoms with Gasteiger partial charge in [-0.05, 0) is 19.2 Å². The minimum absolute atomic E-state index is 0.0680. The van der Waals surface area contributed by atoms with Crippen LogP contribution in [0, 0.1) is 5.92 Å². The molecule has 1 atom stereocenters. The maximum absolute atomic E-state index is 11.5. The van der Waals surface area contributed by atoms with Crippen molar-refractivity contribution in [2.75, 3.05) is 25.5 Å². The van der Waals surface area contributed by atoms with E-state index in [0.717, 1.165) is 0 Å². The van der Waals surface area contributed by atoms with Gasteiger partial charge in [0.2, 0.25) is 10.0 Å². The number of rotatable bonds is 6. The van der Waals surface area contributed by atoms with Gasteiger partial charge in [0, 0.05) is 19.8 Å². The van der Waals surface area contributed by atoms with Gasteiger partial charge in [-0.3, -0.25) is 4.79 Å². The average molecular weight is 287 g/mol. The summed E-state index contributed by atoms with van der Waals surface area (Å²) in [7, 11) is -0.477. The predicted molar refractivity (Wildman–Crippen MR) is 70.6 cm³/mol. The molecule has 0 aromatic carbocycles. The van der Waals surface area contributed by atoms with Gasteiger partial charge in [-0.1, -0.05) is 6.92 Å². The van der Waals surface area contributed by atoms with E-state index < -0.39 is 21.9 Å². The van der Waals surface area contributed by atoms with E-state index in [2.05, 4.69) is 9.71 Å². The first-order chi connectivity index (χ1) is 8.77. The molecule has 0 aliphatic heterocycles. The molecular weight excluding hydrogens is 270 g/mol. The van der Waals surface area contributed by atoms with E-state index in [0.29, 0.717) is 12.4 Å². The monoisotopic (exact) mass is 287 g/mol. The number of nitrogens with one attached hydrogen (secondary N) is 1. The van der Waals surface area contributed by atoms with Crippen molar-refractivity contribution in [2.24, 2.45) is 5.92 Å². The summed E-state index contributed by atoms with van der Waals surface area (Å²) in [6.45, 7) is 1.89. The van der Waals surface area contributed by atoms with Crippen LogP contribution in [0.5, 0.6) is 0 Å². The third-order valence-electron chi connectivity index (χ3n) is 2.66. The highest BCUT2D eigenvalue weighted by Crippen LogP contribution is 2.14. The molecule has 0 aliphatic carbocycles. The van der Waals surface area contributed by atoms with Crippen LogP contribution >= 0.6 is 0 Å². The van der Waals surface area contributed by atoms with Crippen molar-refractivity contribution in [3.05, 3.63) is 18.3 Å². The normalized spacial score (nSPS) is 13.0. The first-order valence-corrected chi connectivity index (χ1v) is 7.09. The Morgan fingerprint density at radius 2 is 2.16 bits per heavy atom. The second-order valence-electron chi connectivity index (χ2n) is 4.18. The summed E-state index contributed by atoms with van der Waals surface area (Å²) < 4.78 is 25.2. The predicted octanol–water partition coefficient (Wildman–Crippen LogP) is 0.147. The molecule has 0 saturated heterocycles. The van der Waals surface area contributed by atoms with Crippen LogP contribution in [0.3, 0.4) is 0 Å². The number of hydrogen-bond acceptors (Lipinski definition) is 5. The van der Waals surface area contributed by atoms with Crippen LogP contribution in [0.15, 0.2) is 23.2 Å². The highest BCUT2D eigenvalue weighted by molar-refractivity contribution is 7.89. The fourth-order valence-corrected chi connectivity index (χ4v) is 2.13. The molecule has 1 rings (SSSR count). The lowest BCUT2D eigenvalue weighted by molar-refractivity contribution is -0.140. The van der Waals surface area contributed by atoms with Crippen molar-refractivity contribution in [1.82, 2.24) is 9.71 Å². The molecule has 0 aliphatic rings. The quantitative estimate of drug-likeness (QED) is 0.772. The highest BCUT2D eigenvalue weighted by atomic mass is 32.2. The van der Waals surface area contributed by atoms with Crippen molar-refractivity contribution >= 4 is 21.8 Å². The van der Waals surface area contributed by atoms with Crippen molar-refractivity contribution in [2.45, 2.75) is 11.8 Å². The Hall–Kier alpha value is -1.67. The first kappa shape index (κ1) is 15.4. The van der Waals surface area contributed by atoms with Crippen LogP contribution in [0.25, 0.3) is 0 Å². The largest absolute Gasteiger partial charge is 0.481 e. The zero-order valence-corrected chi connectivity index (χ0v) is 11.8. The third kappa shape index (κ3) is 3.90. The maximum Gasteiger partial charge on any atom is 0.308 e. The number of aliphatic carboxylic acids is 1. The van der Waals surface area contributed by atoms with Gasteiger partial charge in [0.1, 0.15) is 10.7 Å². The topological polar surface area (TPSA) is 99.6 Å². The fourth-order valence-electron chi connectivity index (χ4n) is 1.46. The number of anilines is 1. The molecule has 0 radical (unpaired) electrons. The minimum atomic E-state index is -3.50. The zero-order chi connectivity index (χ0) is 14.6. The molecular formula is C11H17N3O4S. The number of aromatic nitrogens is 1. The molecule has 8 heteroatoms. The Bertz CT molecular complexity index is 542. The van der Waals surface area contributed by atoms with Crippen LogP contribution in [0.2, 0.25) is 0 Å². The van der Waals surface area contributed by atoms with Gasteiger partial charge in [-0.25, -0.2) is 18.1 Å². The Kier molecular flexibility index (Phi) is 4.84. The molecule has 7 nitrogen and oxygen atoms in total. The molecule has 1 aromatic heterocycles. The molecule has 0 bridgehead atoms. The van der Waals surface area contributed by atoms with E-state index in [1.165, 1.54) is 19.3 Å². The van der Waals surface area contributed by atoms with E-state index in [1.807, 2.05) is 0 Å². The van der Waals surface area contributed by atoms with Crippen LogP contribution < -0.4 is 9.62 Å². The third-order valence-corrected chi connectivity index (χ3v) is 4.06. The van der Waals surface area contributed by atoms with Gasteiger partial charge < -0.3 is 10.0 Å². The average Bonchev–Trinajstić information content (AvgIpc) is 2.38. The summed E-state index contributed by atoms with van der Waals surface area (Å²) in [5.41, 5.74) is 0. The molecule has 1 aromatic rings. The van der Waals surface area contributed by atoms with Gasteiger partial charge in [-0.15, -0.1) is 0 Å². The number of pyridine rings is 1. The van der Waals surface area contributed by atoms with E-state index in [-0.39, 0.29) is 4.90 Å². The molecule has 1 heterocycles. The number of sulfonamides is 1. The maximum atomic E-state index is 11.5. The van der Waals surface area contributed by atoms with E-state index in [4.69, 9.17) is 5.11 Å². The number of nitrogens with zero attached hydrogens (tertiary/aromatic N) is 2. The lowest BCUT2D eigenvalue weighted by Gasteiger charge is -2.20. The Morgan fingerprint density at radius 3 is 2.58 bits per heavy atom. The van der Waals surface area contributed by atoms with Crippen LogP contribution in [0.4, 0.5) is 5.82 Å². The van der Waals surface area contributed by atoms with Crippen LogP contribution in [-0.2, 0) is 14.8 Å². The summed E-state index contributed by atoms with van der Waals surface area (Å²) in [6.07, 6.45) is 1.24. The second-order valence-corrected chi connectivity index (χ2v) is 6.07. The van der Waals surface area contributed by atoms with E-state index in [1.54, 1.807) is 24.9 Å². The molecule has 106 valence electrons. The lowest BCUT2D eigenvalue weighted by atomic mass is 10.2. The molecule has 0 fully saturated rings. The van der Waals surface area contributed by atoms with E-state index >= 15 is 0 Å². The second kappa shape index (κ2) is 5.98. The molecule has 1 unspecified atom stereocenters. The van der Waals surface area contributed by atoms with E-state index in [9.17, 15) is 13.2 Å². The molecule has 0 amide bonds. The number of hydrogen-bond donors (Lipinski definition) is 2. The summed E-state index contributed by atoms with van der Waals surface area (Å²) in [5.74, 6) is -0.906. The Labute approximate surface area is 112 Å². The smallest absolute Gasteiger partial charge is 0.308 e.